The van der Waals surface area contributed by atoms with Crippen molar-refractivity contribution in [2.75, 3.05) is 6.54 Å². The van der Waals surface area contributed by atoms with E-state index in [-0.39, 0.29) is 11.4 Å². The Bertz CT molecular complexity index is 679. The summed E-state index contributed by atoms with van der Waals surface area (Å²) in [5, 5.41) is 3.17. The van der Waals surface area contributed by atoms with Crippen molar-refractivity contribution in [1.82, 2.24) is 15.3 Å². The zero-order chi connectivity index (χ0) is 13.4. The molecule has 19 heavy (non-hydrogen) atoms. The molecular weight excluding hydrogens is 313 g/mol. The molecule has 0 unspecified atom stereocenters. The quantitative estimate of drug-likeness (QED) is 0.843. The van der Waals surface area contributed by atoms with Crippen LogP contribution >= 0.6 is 15.9 Å². The summed E-state index contributed by atoms with van der Waals surface area (Å²) in [7, 11) is 0. The number of nitrogens with one attached hydrogen (secondary N) is 2. The van der Waals surface area contributed by atoms with Gasteiger partial charge in [-0.2, -0.15) is 0 Å². The highest BCUT2D eigenvalue weighted by Crippen LogP contribution is 2.22. The van der Waals surface area contributed by atoms with Crippen molar-refractivity contribution in [3.63, 3.8) is 0 Å². The highest BCUT2D eigenvalue weighted by molar-refractivity contribution is 9.10. The maximum absolute atomic E-state index is 13.4. The predicted molar refractivity (Wildman–Crippen MR) is 73.4 cm³/mol. The first-order valence-electron chi connectivity index (χ1n) is 5.93. The van der Waals surface area contributed by atoms with Crippen LogP contribution in [-0.2, 0) is 13.0 Å². The Kier molecular flexibility index (Phi) is 3.20. The van der Waals surface area contributed by atoms with Gasteiger partial charge in [-0.1, -0.05) is 15.9 Å². The molecule has 0 amide bonds. The molecule has 0 fully saturated rings. The number of H-pyrrole nitrogens is 1. The second-order valence-electron chi connectivity index (χ2n) is 4.42. The molecular formula is C13H11BrFN3O. The van der Waals surface area contributed by atoms with Crippen molar-refractivity contribution in [3.05, 3.63) is 50.1 Å². The van der Waals surface area contributed by atoms with Crippen LogP contribution in [0.5, 0.6) is 0 Å². The molecule has 0 aliphatic carbocycles. The van der Waals surface area contributed by atoms with Gasteiger partial charge in [0, 0.05) is 22.1 Å². The van der Waals surface area contributed by atoms with E-state index in [4.69, 9.17) is 0 Å². The van der Waals surface area contributed by atoms with E-state index in [0.717, 1.165) is 17.8 Å². The largest absolute Gasteiger partial charge is 0.311 e. The Hall–Kier alpha value is -1.53. The van der Waals surface area contributed by atoms with E-state index in [1.165, 1.54) is 12.1 Å². The van der Waals surface area contributed by atoms with Crippen molar-refractivity contribution in [3.8, 4) is 11.4 Å². The second-order valence-corrected chi connectivity index (χ2v) is 5.34. The summed E-state index contributed by atoms with van der Waals surface area (Å²) in [6.07, 6.45) is 0.671. The first-order valence-corrected chi connectivity index (χ1v) is 6.72. The first-order chi connectivity index (χ1) is 9.13. The van der Waals surface area contributed by atoms with Crippen molar-refractivity contribution >= 4 is 15.9 Å². The fraction of sp³-hybridized carbons (Fsp3) is 0.231. The molecule has 3 rings (SSSR count). The Morgan fingerprint density at radius 1 is 1.32 bits per heavy atom. The van der Waals surface area contributed by atoms with Gasteiger partial charge in [0.15, 0.2) is 0 Å². The number of fused-ring (bicyclic) bond motifs is 1. The molecule has 2 N–H and O–H groups in total. The molecule has 0 spiro atoms. The summed E-state index contributed by atoms with van der Waals surface area (Å²) < 4.78 is 14.0. The lowest BCUT2D eigenvalue weighted by Gasteiger charge is -2.16. The van der Waals surface area contributed by atoms with E-state index in [1.807, 2.05) is 0 Å². The highest BCUT2D eigenvalue weighted by atomic mass is 79.9. The SMILES string of the molecule is O=c1[nH]c(-c2cc(F)cc(Br)c2)nc2c1CCNC2. The number of hydrogen-bond donors (Lipinski definition) is 2. The Morgan fingerprint density at radius 3 is 2.95 bits per heavy atom. The van der Waals surface area contributed by atoms with Gasteiger partial charge in [-0.25, -0.2) is 9.37 Å². The van der Waals surface area contributed by atoms with Gasteiger partial charge in [-0.05, 0) is 31.2 Å². The zero-order valence-electron chi connectivity index (χ0n) is 9.96. The number of rotatable bonds is 1. The molecule has 6 heteroatoms. The lowest BCUT2D eigenvalue weighted by molar-refractivity contribution is 0.618. The van der Waals surface area contributed by atoms with Crippen LogP contribution in [0.4, 0.5) is 4.39 Å². The fourth-order valence-corrected chi connectivity index (χ4v) is 2.66. The minimum absolute atomic E-state index is 0.137. The first kappa shape index (κ1) is 12.5. The van der Waals surface area contributed by atoms with E-state index in [9.17, 15) is 9.18 Å². The van der Waals surface area contributed by atoms with Crippen molar-refractivity contribution in [1.29, 1.82) is 0 Å². The van der Waals surface area contributed by atoms with Gasteiger partial charge in [0.2, 0.25) is 0 Å². The maximum atomic E-state index is 13.4. The molecule has 2 heterocycles. The molecule has 0 bridgehead atoms. The van der Waals surface area contributed by atoms with Crippen LogP contribution in [0.2, 0.25) is 0 Å². The van der Waals surface area contributed by atoms with Crippen LogP contribution in [0.15, 0.2) is 27.5 Å². The third-order valence-electron chi connectivity index (χ3n) is 3.08. The highest BCUT2D eigenvalue weighted by Gasteiger charge is 2.16. The second kappa shape index (κ2) is 4.86. The number of benzene rings is 1. The predicted octanol–water partition coefficient (Wildman–Crippen LogP) is 1.98. The average Bonchev–Trinajstić information content (AvgIpc) is 2.37. The average molecular weight is 324 g/mol. The third-order valence-corrected chi connectivity index (χ3v) is 3.54. The van der Waals surface area contributed by atoms with Gasteiger partial charge >= 0.3 is 0 Å². The van der Waals surface area contributed by atoms with E-state index >= 15 is 0 Å². The summed E-state index contributed by atoms with van der Waals surface area (Å²) in [6.45, 7) is 1.35. The van der Waals surface area contributed by atoms with Crippen LogP contribution in [0.3, 0.4) is 0 Å². The molecule has 4 nitrogen and oxygen atoms in total. The van der Waals surface area contributed by atoms with Crippen LogP contribution in [-0.4, -0.2) is 16.5 Å². The molecule has 2 aromatic rings. The van der Waals surface area contributed by atoms with E-state index in [0.29, 0.717) is 28.8 Å². The normalized spacial score (nSPS) is 14.2. The van der Waals surface area contributed by atoms with Crippen LogP contribution in [0, 0.1) is 5.82 Å². The Morgan fingerprint density at radius 2 is 2.16 bits per heavy atom. The van der Waals surface area contributed by atoms with Crippen molar-refractivity contribution in [2.45, 2.75) is 13.0 Å². The molecule has 0 saturated carbocycles. The van der Waals surface area contributed by atoms with Gasteiger partial charge in [0.05, 0.1) is 5.69 Å². The van der Waals surface area contributed by atoms with E-state index in [1.54, 1.807) is 6.07 Å². The molecule has 1 aromatic carbocycles. The maximum Gasteiger partial charge on any atom is 0.254 e. The van der Waals surface area contributed by atoms with E-state index in [2.05, 4.69) is 31.2 Å². The number of nitrogens with zero attached hydrogens (tertiary/aromatic N) is 1. The van der Waals surface area contributed by atoms with Crippen molar-refractivity contribution < 1.29 is 4.39 Å². The lowest BCUT2D eigenvalue weighted by atomic mass is 10.1. The smallest absolute Gasteiger partial charge is 0.254 e. The monoisotopic (exact) mass is 323 g/mol. The van der Waals surface area contributed by atoms with Crippen LogP contribution in [0.25, 0.3) is 11.4 Å². The fourth-order valence-electron chi connectivity index (χ4n) is 2.20. The number of aromatic nitrogens is 2. The number of aromatic amines is 1. The van der Waals surface area contributed by atoms with Gasteiger partial charge in [-0.15, -0.1) is 0 Å². The lowest BCUT2D eigenvalue weighted by Crippen LogP contribution is -2.31. The van der Waals surface area contributed by atoms with Crippen LogP contribution in [0.1, 0.15) is 11.3 Å². The summed E-state index contributed by atoms with van der Waals surface area (Å²) >= 11 is 3.23. The standard InChI is InChI=1S/C13H11BrFN3O/c14-8-3-7(4-9(15)5-8)12-17-11-6-16-2-1-10(11)13(19)18-12/h3-5,16H,1-2,6H2,(H,17,18,19). The molecule has 1 aromatic heterocycles. The van der Waals surface area contributed by atoms with Crippen LogP contribution < -0.4 is 10.9 Å². The molecule has 1 aliphatic heterocycles. The summed E-state index contributed by atoms with van der Waals surface area (Å²) in [5.41, 5.74) is 1.88. The topological polar surface area (TPSA) is 57.8 Å². The molecule has 0 radical (unpaired) electrons. The molecule has 1 aliphatic rings. The van der Waals surface area contributed by atoms with E-state index < -0.39 is 0 Å². The molecule has 0 atom stereocenters. The molecule has 0 saturated heterocycles. The molecule has 98 valence electrons. The van der Waals surface area contributed by atoms with Gasteiger partial charge < -0.3 is 10.3 Å². The van der Waals surface area contributed by atoms with Gasteiger partial charge in [0.1, 0.15) is 11.6 Å². The summed E-state index contributed by atoms with van der Waals surface area (Å²) in [5.74, 6) is 0.0236. The minimum atomic E-state index is -0.372. The number of hydrogen-bond acceptors (Lipinski definition) is 3. The summed E-state index contributed by atoms with van der Waals surface area (Å²) in [4.78, 5) is 19.1. The zero-order valence-corrected chi connectivity index (χ0v) is 11.6. The van der Waals surface area contributed by atoms with Gasteiger partial charge in [-0.3, -0.25) is 4.79 Å². The van der Waals surface area contributed by atoms with Gasteiger partial charge in [0.25, 0.3) is 5.56 Å². The Labute approximate surface area is 117 Å². The minimum Gasteiger partial charge on any atom is -0.311 e. The third kappa shape index (κ3) is 2.46. The van der Waals surface area contributed by atoms with Crippen molar-refractivity contribution in [2.24, 2.45) is 0 Å². The number of halogens is 2. The summed E-state index contributed by atoms with van der Waals surface area (Å²) in [6, 6.07) is 4.44. The Balaban J connectivity index is 2.15.